The molecule has 2 aromatic heterocycles. The number of carbonyl (C=O) groups is 1. The number of nitrogens with one attached hydrogen (secondary N) is 1. The van der Waals surface area contributed by atoms with E-state index in [0.717, 1.165) is 5.69 Å². The van der Waals surface area contributed by atoms with Crippen molar-refractivity contribution in [3.8, 4) is 0 Å². The fourth-order valence-electron chi connectivity index (χ4n) is 1.53. The van der Waals surface area contributed by atoms with Gasteiger partial charge in [0.2, 0.25) is 0 Å². The summed E-state index contributed by atoms with van der Waals surface area (Å²) in [6.45, 7) is 3.60. The first-order valence-electron chi connectivity index (χ1n) is 4.59. The second kappa shape index (κ2) is 3.34. The van der Waals surface area contributed by atoms with Gasteiger partial charge in [-0.15, -0.1) is 0 Å². The smallest absolute Gasteiger partial charge is 0.258 e. The van der Waals surface area contributed by atoms with Gasteiger partial charge in [-0.1, -0.05) is 5.16 Å². The van der Waals surface area contributed by atoms with Crippen molar-refractivity contribution in [2.24, 2.45) is 0 Å². The molecule has 0 aliphatic heterocycles. The molecule has 1 amide bonds. The molecule has 0 saturated carbocycles. The zero-order valence-electron chi connectivity index (χ0n) is 8.79. The third-order valence-corrected chi connectivity index (χ3v) is 2.22. The largest absolute Gasteiger partial charge is 0.355 e. The maximum atomic E-state index is 11.6. The second-order valence-electron chi connectivity index (χ2n) is 3.34. The lowest BCUT2D eigenvalue weighted by Gasteiger charge is -2.01. The Kier molecular flexibility index (Phi) is 2.15. The molecular formula is C10H11N3O2. The number of hydrogen-bond donors (Lipinski definition) is 1. The van der Waals surface area contributed by atoms with Crippen molar-refractivity contribution in [2.75, 3.05) is 7.05 Å². The lowest BCUT2D eigenvalue weighted by Crippen LogP contribution is -2.18. The van der Waals surface area contributed by atoms with E-state index in [1.807, 2.05) is 6.92 Å². The van der Waals surface area contributed by atoms with Gasteiger partial charge in [-0.05, 0) is 19.9 Å². The number of carbonyl (C=O) groups excluding carboxylic acids is 1. The van der Waals surface area contributed by atoms with Gasteiger partial charge in [0.1, 0.15) is 0 Å². The molecule has 2 aromatic rings. The van der Waals surface area contributed by atoms with Gasteiger partial charge in [0.05, 0.1) is 16.6 Å². The molecule has 0 aliphatic rings. The summed E-state index contributed by atoms with van der Waals surface area (Å²) in [5, 5.41) is 7.06. The summed E-state index contributed by atoms with van der Waals surface area (Å²) in [4.78, 5) is 15.8. The minimum absolute atomic E-state index is 0.156. The minimum Gasteiger partial charge on any atom is -0.355 e. The lowest BCUT2D eigenvalue weighted by molar-refractivity contribution is 0.0964. The van der Waals surface area contributed by atoms with E-state index in [2.05, 4.69) is 15.5 Å². The molecule has 5 heteroatoms. The Morgan fingerprint density at radius 3 is 2.87 bits per heavy atom. The molecule has 0 aliphatic carbocycles. The molecule has 2 rings (SSSR count). The second-order valence-corrected chi connectivity index (χ2v) is 3.34. The summed E-state index contributed by atoms with van der Waals surface area (Å²) in [5.74, 6) is -0.156. The van der Waals surface area contributed by atoms with Crippen molar-refractivity contribution in [3.05, 3.63) is 23.0 Å². The first-order chi connectivity index (χ1) is 7.13. The van der Waals surface area contributed by atoms with Crippen LogP contribution in [0.2, 0.25) is 0 Å². The first kappa shape index (κ1) is 9.64. The minimum atomic E-state index is -0.156. The molecule has 0 spiro atoms. The van der Waals surface area contributed by atoms with Crippen molar-refractivity contribution in [2.45, 2.75) is 13.8 Å². The molecule has 0 atom stereocenters. The van der Waals surface area contributed by atoms with Gasteiger partial charge in [0.15, 0.2) is 0 Å². The van der Waals surface area contributed by atoms with Crippen LogP contribution in [0.1, 0.15) is 21.7 Å². The van der Waals surface area contributed by atoms with E-state index in [1.165, 1.54) is 0 Å². The maximum Gasteiger partial charge on any atom is 0.258 e. The van der Waals surface area contributed by atoms with Crippen LogP contribution < -0.4 is 5.32 Å². The third-order valence-electron chi connectivity index (χ3n) is 2.22. The maximum absolute atomic E-state index is 11.6. The summed E-state index contributed by atoms with van der Waals surface area (Å²) < 4.78 is 5.02. The van der Waals surface area contributed by atoms with Gasteiger partial charge in [0.25, 0.3) is 11.6 Å². The molecule has 0 bridgehead atoms. The Labute approximate surface area is 86.5 Å². The van der Waals surface area contributed by atoms with E-state index in [1.54, 1.807) is 20.0 Å². The van der Waals surface area contributed by atoms with E-state index < -0.39 is 0 Å². The Morgan fingerprint density at radius 1 is 1.47 bits per heavy atom. The van der Waals surface area contributed by atoms with Crippen molar-refractivity contribution in [1.82, 2.24) is 15.5 Å². The molecule has 1 N–H and O–H groups in total. The highest BCUT2D eigenvalue weighted by Crippen LogP contribution is 2.21. The molecule has 0 aromatic carbocycles. The number of amides is 1. The average molecular weight is 205 g/mol. The van der Waals surface area contributed by atoms with Crippen LogP contribution in [0.3, 0.4) is 0 Å². The Morgan fingerprint density at radius 2 is 2.20 bits per heavy atom. The highest BCUT2D eigenvalue weighted by Gasteiger charge is 2.16. The number of aryl methyl sites for hydroxylation is 2. The van der Waals surface area contributed by atoms with Crippen LogP contribution in [-0.2, 0) is 0 Å². The van der Waals surface area contributed by atoms with Gasteiger partial charge in [0, 0.05) is 12.7 Å². The zero-order chi connectivity index (χ0) is 11.0. The predicted octanol–water partition coefficient (Wildman–Crippen LogP) is 1.20. The van der Waals surface area contributed by atoms with Crippen molar-refractivity contribution in [3.63, 3.8) is 0 Å². The van der Waals surface area contributed by atoms with E-state index >= 15 is 0 Å². The third kappa shape index (κ3) is 1.45. The van der Waals surface area contributed by atoms with Crippen molar-refractivity contribution >= 4 is 17.0 Å². The molecule has 2 heterocycles. The van der Waals surface area contributed by atoms with E-state index in [9.17, 15) is 4.79 Å². The highest BCUT2D eigenvalue weighted by atomic mass is 16.5. The molecule has 0 saturated heterocycles. The SMILES string of the molecule is CNC(=O)c1cc(C)nc2onc(C)c12. The Balaban J connectivity index is 2.80. The van der Waals surface area contributed by atoms with Crippen LogP contribution in [0.4, 0.5) is 0 Å². The van der Waals surface area contributed by atoms with Gasteiger partial charge in [-0.3, -0.25) is 4.79 Å². The van der Waals surface area contributed by atoms with Gasteiger partial charge in [-0.25, -0.2) is 4.98 Å². The lowest BCUT2D eigenvalue weighted by atomic mass is 10.1. The van der Waals surface area contributed by atoms with Crippen LogP contribution >= 0.6 is 0 Å². The normalized spacial score (nSPS) is 10.6. The Hall–Kier alpha value is -1.91. The summed E-state index contributed by atoms with van der Waals surface area (Å²) in [7, 11) is 1.59. The van der Waals surface area contributed by atoms with Gasteiger partial charge in [-0.2, -0.15) is 0 Å². The number of rotatable bonds is 1. The van der Waals surface area contributed by atoms with Crippen LogP contribution in [0.25, 0.3) is 11.1 Å². The van der Waals surface area contributed by atoms with Gasteiger partial charge < -0.3 is 9.84 Å². The fraction of sp³-hybridized carbons (Fsp3) is 0.300. The quantitative estimate of drug-likeness (QED) is 0.759. The van der Waals surface area contributed by atoms with Crippen LogP contribution in [-0.4, -0.2) is 23.1 Å². The van der Waals surface area contributed by atoms with Crippen LogP contribution in [0.15, 0.2) is 10.6 Å². The fourth-order valence-corrected chi connectivity index (χ4v) is 1.53. The van der Waals surface area contributed by atoms with Crippen molar-refractivity contribution < 1.29 is 9.32 Å². The van der Waals surface area contributed by atoms with Gasteiger partial charge >= 0.3 is 0 Å². The average Bonchev–Trinajstić information content (AvgIpc) is 2.58. The molecule has 0 unspecified atom stereocenters. The molecule has 0 radical (unpaired) electrons. The van der Waals surface area contributed by atoms with E-state index in [0.29, 0.717) is 22.4 Å². The molecule has 78 valence electrons. The van der Waals surface area contributed by atoms with Crippen LogP contribution in [0.5, 0.6) is 0 Å². The summed E-state index contributed by atoms with van der Waals surface area (Å²) in [5.41, 5.74) is 2.37. The first-order valence-corrected chi connectivity index (χ1v) is 4.59. The number of hydrogen-bond acceptors (Lipinski definition) is 4. The van der Waals surface area contributed by atoms with Crippen molar-refractivity contribution in [1.29, 1.82) is 0 Å². The summed E-state index contributed by atoms with van der Waals surface area (Å²) in [6, 6.07) is 1.73. The highest BCUT2D eigenvalue weighted by molar-refractivity contribution is 6.05. The molecule has 0 fully saturated rings. The number of fused-ring (bicyclic) bond motifs is 1. The number of pyridine rings is 1. The molecule has 5 nitrogen and oxygen atoms in total. The number of nitrogens with zero attached hydrogens (tertiary/aromatic N) is 2. The monoisotopic (exact) mass is 205 g/mol. The molecular weight excluding hydrogens is 194 g/mol. The topological polar surface area (TPSA) is 68.0 Å². The Bertz CT molecular complexity index is 531. The van der Waals surface area contributed by atoms with Crippen LogP contribution in [0, 0.1) is 13.8 Å². The zero-order valence-corrected chi connectivity index (χ0v) is 8.79. The number of aromatic nitrogens is 2. The predicted molar refractivity (Wildman–Crippen MR) is 54.7 cm³/mol. The summed E-state index contributed by atoms with van der Waals surface area (Å²) in [6.07, 6.45) is 0. The molecule has 15 heavy (non-hydrogen) atoms. The standard InChI is InChI=1S/C10H11N3O2/c1-5-4-7(9(14)11-3)8-6(2)13-15-10(8)12-5/h4H,1-3H3,(H,11,14). The van der Waals surface area contributed by atoms with E-state index in [-0.39, 0.29) is 5.91 Å². The van der Waals surface area contributed by atoms with E-state index in [4.69, 9.17) is 4.52 Å². The summed E-state index contributed by atoms with van der Waals surface area (Å²) >= 11 is 0.